The van der Waals surface area contributed by atoms with Crippen molar-refractivity contribution in [2.45, 2.75) is 19.4 Å². The van der Waals surface area contributed by atoms with Gasteiger partial charge in [0.15, 0.2) is 0 Å². The molecular weight excluding hydrogens is 170 g/mol. The van der Waals surface area contributed by atoms with Crippen molar-refractivity contribution in [2.75, 3.05) is 19.7 Å². The van der Waals surface area contributed by atoms with Crippen molar-refractivity contribution in [1.29, 1.82) is 0 Å². The molecule has 0 bridgehead atoms. The predicted octanol–water partition coefficient (Wildman–Crippen LogP) is -0.170. The Morgan fingerprint density at radius 3 is 3.23 bits per heavy atom. The third-order valence-electron chi connectivity index (χ3n) is 1.94. The van der Waals surface area contributed by atoms with Gasteiger partial charge in [0.2, 0.25) is 0 Å². The Kier molecular flexibility index (Phi) is 3.92. The first-order valence-corrected chi connectivity index (χ1v) is 4.50. The monoisotopic (exact) mass is 185 g/mol. The van der Waals surface area contributed by atoms with Gasteiger partial charge in [0.05, 0.1) is 12.7 Å². The average Bonchev–Trinajstić information content (AvgIpc) is 2.09. The zero-order valence-electron chi connectivity index (χ0n) is 7.75. The number of aliphatic hydroxyl groups is 1. The van der Waals surface area contributed by atoms with Crippen LogP contribution in [0.4, 0.5) is 0 Å². The summed E-state index contributed by atoms with van der Waals surface area (Å²) in [6.45, 7) is 3.49. The van der Waals surface area contributed by atoms with Crippen molar-refractivity contribution in [3.8, 4) is 0 Å². The zero-order chi connectivity index (χ0) is 9.68. The summed E-state index contributed by atoms with van der Waals surface area (Å²) in [7, 11) is 0. The number of piperidine rings is 1. The van der Waals surface area contributed by atoms with Crippen LogP contribution in [-0.4, -0.2) is 36.9 Å². The molecule has 1 atom stereocenters. The van der Waals surface area contributed by atoms with E-state index >= 15 is 0 Å². The second-order valence-corrected chi connectivity index (χ2v) is 2.95. The smallest absolute Gasteiger partial charge is 0.330 e. The first-order chi connectivity index (χ1) is 6.24. The number of nitrogens with one attached hydrogen (secondary N) is 1. The van der Waals surface area contributed by atoms with Crippen molar-refractivity contribution >= 4 is 5.97 Å². The van der Waals surface area contributed by atoms with E-state index in [9.17, 15) is 9.90 Å². The molecule has 13 heavy (non-hydrogen) atoms. The minimum Gasteiger partial charge on any atom is -0.463 e. The molecule has 4 heteroatoms. The summed E-state index contributed by atoms with van der Waals surface area (Å²) in [4.78, 5) is 11.0. The van der Waals surface area contributed by atoms with Crippen LogP contribution in [0.15, 0.2) is 11.6 Å². The normalized spacial score (nSPS) is 26.0. The molecule has 0 spiro atoms. The maximum atomic E-state index is 11.0. The topological polar surface area (TPSA) is 58.6 Å². The van der Waals surface area contributed by atoms with Crippen LogP contribution < -0.4 is 5.32 Å². The molecule has 0 aromatic heterocycles. The van der Waals surface area contributed by atoms with Crippen LogP contribution in [-0.2, 0) is 9.53 Å². The van der Waals surface area contributed by atoms with Gasteiger partial charge < -0.3 is 15.2 Å². The summed E-state index contributed by atoms with van der Waals surface area (Å²) in [5, 5.41) is 12.5. The van der Waals surface area contributed by atoms with Crippen molar-refractivity contribution in [2.24, 2.45) is 0 Å². The van der Waals surface area contributed by atoms with E-state index in [4.69, 9.17) is 4.74 Å². The van der Waals surface area contributed by atoms with E-state index in [1.54, 1.807) is 6.92 Å². The Morgan fingerprint density at radius 2 is 2.62 bits per heavy atom. The Balaban J connectivity index is 2.52. The van der Waals surface area contributed by atoms with Crippen LogP contribution >= 0.6 is 0 Å². The highest BCUT2D eigenvalue weighted by Gasteiger charge is 2.16. The molecule has 1 saturated heterocycles. The summed E-state index contributed by atoms with van der Waals surface area (Å²) in [6, 6.07) is 0. The van der Waals surface area contributed by atoms with E-state index in [2.05, 4.69) is 5.32 Å². The van der Waals surface area contributed by atoms with Gasteiger partial charge in [-0.2, -0.15) is 0 Å². The van der Waals surface area contributed by atoms with E-state index in [-0.39, 0.29) is 5.97 Å². The maximum absolute atomic E-state index is 11.0. The Bertz CT molecular complexity index is 213. The number of hydrogen-bond donors (Lipinski definition) is 2. The van der Waals surface area contributed by atoms with Crippen molar-refractivity contribution in [3.63, 3.8) is 0 Å². The number of carbonyl (C=O) groups is 1. The highest BCUT2D eigenvalue weighted by molar-refractivity contribution is 5.83. The SMILES string of the molecule is CCOC(=O)/C=C1\CNCCC1O. The lowest BCUT2D eigenvalue weighted by Gasteiger charge is -2.21. The van der Waals surface area contributed by atoms with E-state index < -0.39 is 6.10 Å². The molecule has 0 aromatic rings. The van der Waals surface area contributed by atoms with Gasteiger partial charge in [-0.25, -0.2) is 4.79 Å². The molecule has 0 aliphatic carbocycles. The Morgan fingerprint density at radius 1 is 1.85 bits per heavy atom. The standard InChI is InChI=1S/C9H15NO3/c1-2-13-9(12)5-7-6-10-4-3-8(7)11/h5,8,10-11H,2-4,6H2,1H3/b7-5+. The summed E-state index contributed by atoms with van der Waals surface area (Å²) >= 11 is 0. The number of esters is 1. The first-order valence-electron chi connectivity index (χ1n) is 4.50. The van der Waals surface area contributed by atoms with Crippen LogP contribution in [0.25, 0.3) is 0 Å². The van der Waals surface area contributed by atoms with Gasteiger partial charge in [0, 0.05) is 12.6 Å². The highest BCUT2D eigenvalue weighted by Crippen LogP contribution is 2.09. The van der Waals surface area contributed by atoms with Crippen LogP contribution in [0.3, 0.4) is 0 Å². The molecule has 1 heterocycles. The molecule has 0 aromatic carbocycles. The fraction of sp³-hybridized carbons (Fsp3) is 0.667. The van der Waals surface area contributed by atoms with Crippen molar-refractivity contribution in [1.82, 2.24) is 5.32 Å². The fourth-order valence-corrected chi connectivity index (χ4v) is 1.26. The van der Waals surface area contributed by atoms with E-state index in [1.807, 2.05) is 0 Å². The molecule has 1 rings (SSSR count). The molecule has 0 saturated carbocycles. The van der Waals surface area contributed by atoms with Gasteiger partial charge >= 0.3 is 5.97 Å². The van der Waals surface area contributed by atoms with Gasteiger partial charge in [-0.1, -0.05) is 0 Å². The van der Waals surface area contributed by atoms with E-state index in [0.717, 1.165) is 6.54 Å². The lowest BCUT2D eigenvalue weighted by molar-refractivity contribution is -0.137. The lowest BCUT2D eigenvalue weighted by Crippen LogP contribution is -2.33. The van der Waals surface area contributed by atoms with E-state index in [0.29, 0.717) is 25.1 Å². The average molecular weight is 185 g/mol. The largest absolute Gasteiger partial charge is 0.463 e. The molecule has 1 aliphatic heterocycles. The van der Waals surface area contributed by atoms with Crippen LogP contribution in [0, 0.1) is 0 Å². The Hall–Kier alpha value is -0.870. The number of ether oxygens (including phenoxy) is 1. The minimum absolute atomic E-state index is 0.367. The molecule has 4 nitrogen and oxygen atoms in total. The van der Waals surface area contributed by atoms with Crippen LogP contribution in [0.2, 0.25) is 0 Å². The zero-order valence-corrected chi connectivity index (χ0v) is 7.75. The highest BCUT2D eigenvalue weighted by atomic mass is 16.5. The minimum atomic E-state index is -0.495. The molecule has 74 valence electrons. The quantitative estimate of drug-likeness (QED) is 0.463. The third-order valence-corrected chi connectivity index (χ3v) is 1.94. The van der Waals surface area contributed by atoms with Crippen molar-refractivity contribution in [3.05, 3.63) is 11.6 Å². The van der Waals surface area contributed by atoms with Crippen LogP contribution in [0.1, 0.15) is 13.3 Å². The van der Waals surface area contributed by atoms with Gasteiger partial charge in [0.1, 0.15) is 0 Å². The predicted molar refractivity (Wildman–Crippen MR) is 48.2 cm³/mol. The van der Waals surface area contributed by atoms with Gasteiger partial charge in [-0.3, -0.25) is 0 Å². The maximum Gasteiger partial charge on any atom is 0.330 e. The first kappa shape index (κ1) is 10.2. The Labute approximate surface area is 77.6 Å². The van der Waals surface area contributed by atoms with Gasteiger partial charge in [-0.15, -0.1) is 0 Å². The number of rotatable bonds is 2. The molecule has 1 aliphatic rings. The number of hydrogen-bond acceptors (Lipinski definition) is 4. The number of aliphatic hydroxyl groups excluding tert-OH is 1. The van der Waals surface area contributed by atoms with Crippen molar-refractivity contribution < 1.29 is 14.6 Å². The molecule has 1 fully saturated rings. The van der Waals surface area contributed by atoms with Gasteiger partial charge in [-0.05, 0) is 25.5 Å². The number of carbonyl (C=O) groups excluding carboxylic acids is 1. The summed E-state index contributed by atoms with van der Waals surface area (Å²) in [5.41, 5.74) is 0.713. The summed E-state index contributed by atoms with van der Waals surface area (Å²) < 4.78 is 4.74. The second-order valence-electron chi connectivity index (χ2n) is 2.95. The third kappa shape index (κ3) is 3.16. The summed E-state index contributed by atoms with van der Waals surface area (Å²) in [5.74, 6) is -0.375. The second kappa shape index (κ2) is 4.99. The molecule has 2 N–H and O–H groups in total. The fourth-order valence-electron chi connectivity index (χ4n) is 1.26. The molecule has 0 amide bonds. The van der Waals surface area contributed by atoms with Gasteiger partial charge in [0.25, 0.3) is 0 Å². The molecule has 1 unspecified atom stereocenters. The van der Waals surface area contributed by atoms with Crippen LogP contribution in [0.5, 0.6) is 0 Å². The lowest BCUT2D eigenvalue weighted by atomic mass is 10.0. The molecular formula is C9H15NO3. The molecule has 0 radical (unpaired) electrons. The van der Waals surface area contributed by atoms with E-state index in [1.165, 1.54) is 6.08 Å². The summed E-state index contributed by atoms with van der Waals surface area (Å²) in [6.07, 6.45) is 1.54.